The minimum Gasteiger partial charge on any atom is -0.497 e. The summed E-state index contributed by atoms with van der Waals surface area (Å²) in [4.78, 5) is 1.99. The molecule has 0 saturated carbocycles. The predicted octanol–water partition coefficient (Wildman–Crippen LogP) is 1.58. The molecule has 0 amide bonds. The molecular formula is C15H22N2O3S2. The third-order valence-electron chi connectivity index (χ3n) is 3.75. The van der Waals surface area contributed by atoms with Gasteiger partial charge >= 0.3 is 0 Å². The van der Waals surface area contributed by atoms with Crippen LogP contribution >= 0.6 is 12.2 Å². The second kappa shape index (κ2) is 7.28. The molecule has 1 saturated heterocycles. The van der Waals surface area contributed by atoms with Gasteiger partial charge in [-0.3, -0.25) is 0 Å². The van der Waals surface area contributed by atoms with Crippen molar-refractivity contribution in [3.05, 3.63) is 29.8 Å². The Morgan fingerprint density at radius 2 is 2.09 bits per heavy atom. The van der Waals surface area contributed by atoms with Crippen molar-refractivity contribution in [2.24, 2.45) is 0 Å². The molecule has 0 aliphatic carbocycles. The third-order valence-corrected chi connectivity index (χ3v) is 5.88. The Morgan fingerprint density at radius 1 is 1.41 bits per heavy atom. The van der Waals surface area contributed by atoms with Crippen molar-refractivity contribution in [3.63, 3.8) is 0 Å². The fourth-order valence-corrected chi connectivity index (χ4v) is 4.66. The largest absolute Gasteiger partial charge is 0.497 e. The smallest absolute Gasteiger partial charge is 0.169 e. The molecular weight excluding hydrogens is 320 g/mol. The molecule has 0 unspecified atom stereocenters. The van der Waals surface area contributed by atoms with E-state index < -0.39 is 9.84 Å². The van der Waals surface area contributed by atoms with E-state index in [0.29, 0.717) is 18.1 Å². The molecule has 5 nitrogen and oxygen atoms in total. The van der Waals surface area contributed by atoms with Gasteiger partial charge in [-0.05, 0) is 43.3 Å². The maximum absolute atomic E-state index is 11.8. The Kier molecular flexibility index (Phi) is 5.63. The van der Waals surface area contributed by atoms with Gasteiger partial charge in [-0.25, -0.2) is 8.42 Å². The molecule has 0 radical (unpaired) electrons. The lowest BCUT2D eigenvalue weighted by atomic mass is 10.1. The predicted molar refractivity (Wildman–Crippen MR) is 91.9 cm³/mol. The van der Waals surface area contributed by atoms with Crippen LogP contribution in [0.3, 0.4) is 0 Å². The van der Waals surface area contributed by atoms with Crippen molar-refractivity contribution in [2.75, 3.05) is 25.2 Å². The minimum absolute atomic E-state index is 0.0568. The van der Waals surface area contributed by atoms with Gasteiger partial charge in [0.2, 0.25) is 0 Å². The molecule has 0 spiro atoms. The molecule has 1 aromatic rings. The lowest BCUT2D eigenvalue weighted by molar-refractivity contribution is 0.323. The van der Waals surface area contributed by atoms with Gasteiger partial charge in [-0.2, -0.15) is 0 Å². The Morgan fingerprint density at radius 3 is 2.59 bits per heavy atom. The molecule has 1 atom stereocenters. The highest BCUT2D eigenvalue weighted by molar-refractivity contribution is 7.91. The van der Waals surface area contributed by atoms with E-state index in [1.165, 1.54) is 0 Å². The van der Waals surface area contributed by atoms with Gasteiger partial charge in [0.1, 0.15) is 5.75 Å². The van der Waals surface area contributed by atoms with Crippen LogP contribution < -0.4 is 10.1 Å². The van der Waals surface area contributed by atoms with Crippen LogP contribution in [0.4, 0.5) is 0 Å². The monoisotopic (exact) mass is 342 g/mol. The van der Waals surface area contributed by atoms with E-state index in [-0.39, 0.29) is 17.5 Å². The number of benzene rings is 1. The lowest BCUT2D eigenvalue weighted by Crippen LogP contribution is -2.46. The zero-order chi connectivity index (χ0) is 16.2. The second-order valence-corrected chi connectivity index (χ2v) is 7.98. The molecule has 22 heavy (non-hydrogen) atoms. The van der Waals surface area contributed by atoms with Gasteiger partial charge in [0.15, 0.2) is 14.9 Å². The molecule has 1 N–H and O–H groups in total. The number of thiocarbonyl (C=S) groups is 1. The molecule has 1 fully saturated rings. The van der Waals surface area contributed by atoms with E-state index in [1.54, 1.807) is 7.11 Å². The summed E-state index contributed by atoms with van der Waals surface area (Å²) in [5, 5.41) is 3.74. The molecule has 0 aromatic heterocycles. The van der Waals surface area contributed by atoms with Gasteiger partial charge in [-0.1, -0.05) is 12.1 Å². The topological polar surface area (TPSA) is 58.6 Å². The quantitative estimate of drug-likeness (QED) is 0.820. The Balaban J connectivity index is 2.15. The van der Waals surface area contributed by atoms with Crippen LogP contribution in [0.5, 0.6) is 5.75 Å². The standard InChI is InChI=1S/C15H22N2O3S2/c1-3-16-15(21)17(13-8-9-22(18,19)11-13)10-12-4-6-14(20-2)7-5-12/h4-7,13H,3,8-11H2,1-2H3,(H,16,21)/t13-/m0/s1. The number of hydrogen-bond acceptors (Lipinski definition) is 4. The first-order chi connectivity index (χ1) is 10.4. The Hall–Kier alpha value is -1.34. The van der Waals surface area contributed by atoms with Gasteiger partial charge < -0.3 is 15.0 Å². The fourth-order valence-electron chi connectivity index (χ4n) is 2.57. The van der Waals surface area contributed by atoms with E-state index in [2.05, 4.69) is 5.32 Å². The van der Waals surface area contributed by atoms with Crippen LogP contribution in [0.1, 0.15) is 18.9 Å². The number of methoxy groups -OCH3 is 1. The normalized spacial score (nSPS) is 19.6. The van der Waals surface area contributed by atoms with Crippen molar-refractivity contribution in [2.45, 2.75) is 25.9 Å². The first kappa shape index (κ1) is 17.0. The zero-order valence-corrected chi connectivity index (χ0v) is 14.5. The summed E-state index contributed by atoms with van der Waals surface area (Å²) in [6, 6.07) is 7.69. The molecule has 1 aliphatic heterocycles. The molecule has 1 aromatic carbocycles. The maximum Gasteiger partial charge on any atom is 0.169 e. The summed E-state index contributed by atoms with van der Waals surface area (Å²) < 4.78 is 28.7. The summed E-state index contributed by atoms with van der Waals surface area (Å²) in [5.74, 6) is 1.22. The van der Waals surface area contributed by atoms with Crippen LogP contribution in [-0.2, 0) is 16.4 Å². The highest BCUT2D eigenvalue weighted by atomic mass is 32.2. The minimum atomic E-state index is -2.94. The van der Waals surface area contributed by atoms with Crippen LogP contribution in [0, 0.1) is 0 Å². The van der Waals surface area contributed by atoms with E-state index in [4.69, 9.17) is 17.0 Å². The van der Waals surface area contributed by atoms with Gasteiger partial charge in [0.05, 0.1) is 18.6 Å². The SMILES string of the molecule is CCNC(=S)N(Cc1ccc(OC)cc1)[C@H]1CCS(=O)(=O)C1. The Labute approximate surface area is 137 Å². The summed E-state index contributed by atoms with van der Waals surface area (Å²) in [6.45, 7) is 3.29. The number of nitrogens with one attached hydrogen (secondary N) is 1. The first-order valence-electron chi connectivity index (χ1n) is 7.33. The lowest BCUT2D eigenvalue weighted by Gasteiger charge is -2.31. The summed E-state index contributed by atoms with van der Waals surface area (Å²) in [7, 11) is -1.31. The zero-order valence-electron chi connectivity index (χ0n) is 12.9. The summed E-state index contributed by atoms with van der Waals surface area (Å²) in [5.41, 5.74) is 1.07. The van der Waals surface area contributed by atoms with E-state index in [1.807, 2.05) is 36.1 Å². The van der Waals surface area contributed by atoms with Gasteiger partial charge in [0, 0.05) is 19.1 Å². The number of sulfone groups is 1. The van der Waals surface area contributed by atoms with Crippen molar-refractivity contribution in [3.8, 4) is 5.75 Å². The highest BCUT2D eigenvalue weighted by Gasteiger charge is 2.33. The van der Waals surface area contributed by atoms with Crippen molar-refractivity contribution < 1.29 is 13.2 Å². The van der Waals surface area contributed by atoms with Crippen LogP contribution in [0.2, 0.25) is 0 Å². The van der Waals surface area contributed by atoms with Crippen molar-refractivity contribution in [1.82, 2.24) is 10.2 Å². The molecule has 1 aliphatic rings. The summed E-state index contributed by atoms with van der Waals surface area (Å²) in [6.07, 6.45) is 0.629. The average Bonchev–Trinajstić information content (AvgIpc) is 2.85. The fraction of sp³-hybridized carbons (Fsp3) is 0.533. The number of ether oxygens (including phenoxy) is 1. The van der Waals surface area contributed by atoms with Crippen molar-refractivity contribution >= 4 is 27.2 Å². The van der Waals surface area contributed by atoms with E-state index in [0.717, 1.165) is 17.9 Å². The second-order valence-electron chi connectivity index (χ2n) is 5.37. The number of nitrogens with zero attached hydrogens (tertiary/aromatic N) is 1. The van der Waals surface area contributed by atoms with Crippen LogP contribution in [0.15, 0.2) is 24.3 Å². The van der Waals surface area contributed by atoms with E-state index in [9.17, 15) is 8.42 Å². The highest BCUT2D eigenvalue weighted by Crippen LogP contribution is 2.21. The average molecular weight is 342 g/mol. The Bertz CT molecular complexity index is 614. The van der Waals surface area contributed by atoms with Gasteiger partial charge in [-0.15, -0.1) is 0 Å². The van der Waals surface area contributed by atoms with Crippen LogP contribution in [0.25, 0.3) is 0 Å². The number of hydrogen-bond donors (Lipinski definition) is 1. The molecule has 2 rings (SSSR count). The first-order valence-corrected chi connectivity index (χ1v) is 9.56. The van der Waals surface area contributed by atoms with E-state index >= 15 is 0 Å². The molecule has 122 valence electrons. The van der Waals surface area contributed by atoms with Gasteiger partial charge in [0.25, 0.3) is 0 Å². The van der Waals surface area contributed by atoms with Crippen molar-refractivity contribution in [1.29, 1.82) is 0 Å². The maximum atomic E-state index is 11.8. The van der Waals surface area contributed by atoms with Crippen LogP contribution in [-0.4, -0.2) is 49.6 Å². The third kappa shape index (κ3) is 4.33. The number of rotatable bonds is 5. The molecule has 1 heterocycles. The molecule has 7 heteroatoms. The summed E-state index contributed by atoms with van der Waals surface area (Å²) >= 11 is 5.43. The molecule has 0 bridgehead atoms.